The number of halogens is 1. The number of carboxylic acid groups (broad SMARTS) is 1. The molecule has 0 aromatic heterocycles. The Labute approximate surface area is 109 Å². The molecule has 0 spiro atoms. The number of nitrogens with two attached hydrogens (primary N) is 1. The number of carboxylic acids is 1. The van der Waals surface area contributed by atoms with E-state index in [9.17, 15) is 14.0 Å². The van der Waals surface area contributed by atoms with Crippen molar-refractivity contribution in [1.29, 1.82) is 0 Å². The van der Waals surface area contributed by atoms with Gasteiger partial charge < -0.3 is 16.2 Å². The molecule has 1 aromatic carbocycles. The third-order valence-corrected chi connectivity index (χ3v) is 3.35. The van der Waals surface area contributed by atoms with Gasteiger partial charge in [-0.15, -0.1) is 0 Å². The second-order valence-electron chi connectivity index (χ2n) is 4.76. The van der Waals surface area contributed by atoms with Crippen molar-refractivity contribution in [3.05, 3.63) is 29.6 Å². The van der Waals surface area contributed by atoms with Crippen molar-refractivity contribution in [2.45, 2.75) is 25.3 Å². The van der Waals surface area contributed by atoms with E-state index in [4.69, 9.17) is 10.8 Å². The van der Waals surface area contributed by atoms with E-state index in [2.05, 4.69) is 5.32 Å². The first-order chi connectivity index (χ1) is 8.97. The Morgan fingerprint density at radius 2 is 2.11 bits per heavy atom. The number of benzene rings is 1. The quantitative estimate of drug-likeness (QED) is 0.721. The second-order valence-corrected chi connectivity index (χ2v) is 4.76. The number of aliphatic carboxylic acids is 1. The van der Waals surface area contributed by atoms with Gasteiger partial charge in [-0.05, 0) is 37.5 Å². The lowest BCUT2D eigenvalue weighted by Gasteiger charge is -2.13. The highest BCUT2D eigenvalue weighted by molar-refractivity contribution is 5.95. The predicted molar refractivity (Wildman–Crippen MR) is 67.0 cm³/mol. The van der Waals surface area contributed by atoms with Gasteiger partial charge in [-0.2, -0.15) is 0 Å². The minimum Gasteiger partial charge on any atom is -0.481 e. The van der Waals surface area contributed by atoms with Crippen LogP contribution in [0.3, 0.4) is 0 Å². The summed E-state index contributed by atoms with van der Waals surface area (Å²) in [5, 5.41) is 11.5. The van der Waals surface area contributed by atoms with Crippen molar-refractivity contribution in [2.75, 3.05) is 5.73 Å². The number of rotatable bonds is 3. The number of nitrogens with one attached hydrogen (secondary N) is 1. The van der Waals surface area contributed by atoms with Gasteiger partial charge in [0.1, 0.15) is 5.82 Å². The smallest absolute Gasteiger partial charge is 0.306 e. The van der Waals surface area contributed by atoms with E-state index in [1.165, 1.54) is 12.1 Å². The minimum atomic E-state index is -0.851. The molecule has 102 valence electrons. The van der Waals surface area contributed by atoms with Gasteiger partial charge in [0, 0.05) is 11.7 Å². The maximum atomic E-state index is 13.5. The SMILES string of the molecule is Nc1ccc(C(=O)N[C@H]2CC[C@@H](C(=O)O)C2)c(F)c1. The van der Waals surface area contributed by atoms with Crippen molar-refractivity contribution in [3.8, 4) is 0 Å². The van der Waals surface area contributed by atoms with Crippen LogP contribution in [0.2, 0.25) is 0 Å². The van der Waals surface area contributed by atoms with Crippen LogP contribution in [0.25, 0.3) is 0 Å². The number of anilines is 1. The van der Waals surface area contributed by atoms with E-state index in [1.54, 1.807) is 0 Å². The van der Waals surface area contributed by atoms with E-state index in [1.807, 2.05) is 0 Å². The van der Waals surface area contributed by atoms with Gasteiger partial charge in [-0.25, -0.2) is 4.39 Å². The average Bonchev–Trinajstić information content (AvgIpc) is 2.77. The predicted octanol–water partition coefficient (Wildman–Crippen LogP) is 1.39. The summed E-state index contributed by atoms with van der Waals surface area (Å²) in [6.45, 7) is 0. The fourth-order valence-electron chi connectivity index (χ4n) is 2.32. The van der Waals surface area contributed by atoms with Crippen molar-refractivity contribution in [2.24, 2.45) is 5.92 Å². The summed E-state index contributed by atoms with van der Waals surface area (Å²) >= 11 is 0. The molecule has 1 saturated carbocycles. The fourth-order valence-corrected chi connectivity index (χ4v) is 2.32. The Hall–Kier alpha value is -2.11. The largest absolute Gasteiger partial charge is 0.481 e. The Bertz CT molecular complexity index is 519. The summed E-state index contributed by atoms with van der Waals surface area (Å²) in [6.07, 6.45) is 1.52. The normalized spacial score (nSPS) is 22.2. The molecule has 1 fully saturated rings. The number of carbonyl (C=O) groups excluding carboxylic acids is 1. The molecule has 0 heterocycles. The zero-order chi connectivity index (χ0) is 14.0. The number of hydrogen-bond donors (Lipinski definition) is 3. The lowest BCUT2D eigenvalue weighted by Crippen LogP contribution is -2.33. The molecule has 0 unspecified atom stereocenters. The monoisotopic (exact) mass is 266 g/mol. The summed E-state index contributed by atoms with van der Waals surface area (Å²) in [4.78, 5) is 22.7. The molecule has 0 radical (unpaired) electrons. The van der Waals surface area contributed by atoms with Crippen LogP contribution in [0.15, 0.2) is 18.2 Å². The zero-order valence-electron chi connectivity index (χ0n) is 10.2. The first-order valence-electron chi connectivity index (χ1n) is 6.06. The molecule has 6 heteroatoms. The van der Waals surface area contributed by atoms with Crippen LogP contribution in [-0.2, 0) is 4.79 Å². The van der Waals surface area contributed by atoms with Crippen LogP contribution >= 0.6 is 0 Å². The van der Waals surface area contributed by atoms with E-state index >= 15 is 0 Å². The van der Waals surface area contributed by atoms with Crippen LogP contribution in [0.5, 0.6) is 0 Å². The van der Waals surface area contributed by atoms with Crippen molar-refractivity contribution in [3.63, 3.8) is 0 Å². The van der Waals surface area contributed by atoms with Gasteiger partial charge in [0.15, 0.2) is 0 Å². The van der Waals surface area contributed by atoms with Gasteiger partial charge >= 0.3 is 5.97 Å². The van der Waals surface area contributed by atoms with Crippen molar-refractivity contribution in [1.82, 2.24) is 5.32 Å². The fraction of sp³-hybridized carbons (Fsp3) is 0.385. The van der Waals surface area contributed by atoms with Crippen LogP contribution in [0, 0.1) is 11.7 Å². The minimum absolute atomic E-state index is 0.0759. The lowest BCUT2D eigenvalue weighted by molar-refractivity contribution is -0.141. The van der Waals surface area contributed by atoms with Gasteiger partial charge in [-0.3, -0.25) is 9.59 Å². The highest BCUT2D eigenvalue weighted by Gasteiger charge is 2.31. The molecule has 1 aromatic rings. The molecule has 19 heavy (non-hydrogen) atoms. The number of carbonyl (C=O) groups is 2. The molecule has 2 rings (SSSR count). The summed E-state index contributed by atoms with van der Waals surface area (Å²) in [5.74, 6) is -2.49. The standard InChI is InChI=1S/C13H15FN2O3/c14-11-6-8(15)2-4-10(11)12(17)16-9-3-1-7(5-9)13(18)19/h2,4,6-7,9H,1,3,5,15H2,(H,16,17)(H,18,19)/t7-,9+/m1/s1. The third-order valence-electron chi connectivity index (χ3n) is 3.35. The highest BCUT2D eigenvalue weighted by Crippen LogP contribution is 2.26. The highest BCUT2D eigenvalue weighted by atomic mass is 19.1. The van der Waals surface area contributed by atoms with E-state index < -0.39 is 23.6 Å². The molecule has 0 aliphatic heterocycles. The lowest BCUT2D eigenvalue weighted by atomic mass is 10.1. The Morgan fingerprint density at radius 3 is 2.68 bits per heavy atom. The number of hydrogen-bond acceptors (Lipinski definition) is 3. The Morgan fingerprint density at radius 1 is 1.37 bits per heavy atom. The summed E-state index contributed by atoms with van der Waals surface area (Å²) in [6, 6.07) is 3.64. The molecule has 1 aliphatic rings. The van der Waals surface area contributed by atoms with Crippen LogP contribution in [0.4, 0.5) is 10.1 Å². The molecule has 2 atom stereocenters. The average molecular weight is 266 g/mol. The third kappa shape index (κ3) is 3.01. The van der Waals surface area contributed by atoms with Gasteiger partial charge in [0.25, 0.3) is 5.91 Å². The maximum Gasteiger partial charge on any atom is 0.306 e. The van der Waals surface area contributed by atoms with Gasteiger partial charge in [-0.1, -0.05) is 0 Å². The molecule has 4 N–H and O–H groups in total. The summed E-state index contributed by atoms with van der Waals surface area (Å²) < 4.78 is 13.5. The molecular weight excluding hydrogens is 251 g/mol. The van der Waals surface area contributed by atoms with Crippen LogP contribution < -0.4 is 11.1 Å². The Kier molecular flexibility index (Phi) is 3.69. The molecule has 0 saturated heterocycles. The topological polar surface area (TPSA) is 92.4 Å². The molecule has 5 nitrogen and oxygen atoms in total. The maximum absolute atomic E-state index is 13.5. The zero-order valence-corrected chi connectivity index (χ0v) is 10.2. The van der Waals surface area contributed by atoms with E-state index in [-0.39, 0.29) is 17.3 Å². The van der Waals surface area contributed by atoms with Crippen molar-refractivity contribution < 1.29 is 19.1 Å². The Balaban J connectivity index is 2.00. The number of amides is 1. The van der Waals surface area contributed by atoms with Gasteiger partial charge in [0.05, 0.1) is 11.5 Å². The van der Waals surface area contributed by atoms with Crippen LogP contribution in [0.1, 0.15) is 29.6 Å². The molecular formula is C13H15FN2O3. The second kappa shape index (κ2) is 5.26. The first kappa shape index (κ1) is 13.3. The molecule has 1 aliphatic carbocycles. The molecule has 1 amide bonds. The van der Waals surface area contributed by atoms with Gasteiger partial charge in [0.2, 0.25) is 0 Å². The molecule has 0 bridgehead atoms. The first-order valence-corrected chi connectivity index (χ1v) is 6.06. The summed E-state index contributed by atoms with van der Waals surface area (Å²) in [7, 11) is 0. The van der Waals surface area contributed by atoms with E-state index in [0.29, 0.717) is 19.3 Å². The van der Waals surface area contributed by atoms with E-state index in [0.717, 1.165) is 6.07 Å². The van der Waals surface area contributed by atoms with Crippen LogP contribution in [-0.4, -0.2) is 23.0 Å². The van der Waals surface area contributed by atoms with Crippen molar-refractivity contribution >= 4 is 17.6 Å². The summed E-state index contributed by atoms with van der Waals surface area (Å²) in [5.41, 5.74) is 5.58. The number of nitrogen functional groups attached to an aromatic ring is 1.